The van der Waals surface area contributed by atoms with Crippen LogP contribution in [0.25, 0.3) is 0 Å². The number of carboxylic acid groups (broad SMARTS) is 1. The van der Waals surface area contributed by atoms with Crippen molar-refractivity contribution in [3.8, 4) is 0 Å². The van der Waals surface area contributed by atoms with Crippen LogP contribution in [0.4, 0.5) is 5.69 Å². The molecule has 2 aromatic rings. The second-order valence-corrected chi connectivity index (χ2v) is 6.45. The van der Waals surface area contributed by atoms with Gasteiger partial charge >= 0.3 is 5.97 Å². The lowest BCUT2D eigenvalue weighted by Crippen LogP contribution is -2.14. The molecule has 19 heavy (non-hydrogen) atoms. The van der Waals surface area contributed by atoms with E-state index in [1.807, 2.05) is 0 Å². The molecule has 7 nitrogen and oxygen atoms in total. The van der Waals surface area contributed by atoms with Gasteiger partial charge in [-0.05, 0) is 17.9 Å². The number of carboxylic acids is 1. The first-order valence-electron chi connectivity index (χ1n) is 5.14. The normalized spacial score (nSPS) is 11.5. The summed E-state index contributed by atoms with van der Waals surface area (Å²) in [6.45, 7) is 1.64. The molecule has 0 aromatic carbocycles. The van der Waals surface area contributed by atoms with Gasteiger partial charge in [-0.2, -0.15) is 5.10 Å². The number of nitrogens with zero attached hydrogens (tertiary/aromatic N) is 2. The van der Waals surface area contributed by atoms with Crippen LogP contribution in [0.2, 0.25) is 0 Å². The average Bonchev–Trinajstić information content (AvgIpc) is 2.87. The van der Waals surface area contributed by atoms with E-state index >= 15 is 0 Å². The number of hydrogen-bond donors (Lipinski definition) is 2. The van der Waals surface area contributed by atoms with Gasteiger partial charge in [0.15, 0.2) is 0 Å². The van der Waals surface area contributed by atoms with E-state index in [9.17, 15) is 13.2 Å². The molecule has 2 rings (SSSR count). The number of sulfonamides is 1. The zero-order valence-electron chi connectivity index (χ0n) is 10.1. The molecule has 2 N–H and O–H groups in total. The fraction of sp³-hybridized carbons (Fsp3) is 0.200. The van der Waals surface area contributed by atoms with E-state index in [1.165, 1.54) is 17.1 Å². The third kappa shape index (κ3) is 2.61. The standard InChI is InChI=1S/C10H11N3O4S2/c1-6-5-18-9(10(14)15)8(6)12-19(16,17)7-3-11-13(2)4-7/h3-5,12H,1-2H3,(H,14,15). The van der Waals surface area contributed by atoms with Crippen LogP contribution in [0.5, 0.6) is 0 Å². The summed E-state index contributed by atoms with van der Waals surface area (Å²) in [5, 5.41) is 14.4. The Balaban J connectivity index is 2.41. The van der Waals surface area contributed by atoms with Crippen LogP contribution in [0, 0.1) is 6.92 Å². The highest BCUT2D eigenvalue weighted by atomic mass is 32.2. The Morgan fingerprint density at radius 1 is 1.53 bits per heavy atom. The van der Waals surface area contributed by atoms with Crippen molar-refractivity contribution in [3.63, 3.8) is 0 Å². The molecule has 2 heterocycles. The maximum absolute atomic E-state index is 12.1. The minimum Gasteiger partial charge on any atom is -0.477 e. The first-order chi connectivity index (χ1) is 8.81. The Labute approximate surface area is 113 Å². The summed E-state index contributed by atoms with van der Waals surface area (Å²) >= 11 is 0.978. The molecule has 9 heteroatoms. The molecule has 0 amide bonds. The molecular formula is C10H11N3O4S2. The lowest BCUT2D eigenvalue weighted by molar-refractivity contribution is 0.0703. The van der Waals surface area contributed by atoms with Gasteiger partial charge in [-0.25, -0.2) is 13.2 Å². The monoisotopic (exact) mass is 301 g/mol. The summed E-state index contributed by atoms with van der Waals surface area (Å²) in [4.78, 5) is 11.0. The fourth-order valence-corrected chi connectivity index (χ4v) is 3.49. The molecule has 0 atom stereocenters. The summed E-state index contributed by atoms with van der Waals surface area (Å²) in [6, 6.07) is 0. The lowest BCUT2D eigenvalue weighted by Gasteiger charge is -2.06. The molecule has 0 unspecified atom stereocenters. The second kappa shape index (κ2) is 4.67. The van der Waals surface area contributed by atoms with E-state index in [0.29, 0.717) is 5.56 Å². The molecule has 0 aliphatic carbocycles. The van der Waals surface area contributed by atoms with Gasteiger partial charge in [0, 0.05) is 13.2 Å². The lowest BCUT2D eigenvalue weighted by atomic mass is 10.3. The number of thiophene rings is 1. The van der Waals surface area contributed by atoms with Crippen molar-refractivity contribution in [2.24, 2.45) is 7.05 Å². The Bertz CT molecular complexity index is 730. The quantitative estimate of drug-likeness (QED) is 0.886. The van der Waals surface area contributed by atoms with E-state index < -0.39 is 16.0 Å². The van der Waals surface area contributed by atoms with E-state index in [-0.39, 0.29) is 15.5 Å². The van der Waals surface area contributed by atoms with Gasteiger partial charge in [-0.3, -0.25) is 9.40 Å². The summed E-state index contributed by atoms with van der Waals surface area (Å²) in [5.74, 6) is -1.16. The highest BCUT2D eigenvalue weighted by Crippen LogP contribution is 2.29. The van der Waals surface area contributed by atoms with Crippen LogP contribution in [0.1, 0.15) is 15.2 Å². The smallest absolute Gasteiger partial charge is 0.348 e. The highest BCUT2D eigenvalue weighted by molar-refractivity contribution is 7.92. The molecule has 0 bridgehead atoms. The van der Waals surface area contributed by atoms with Gasteiger partial charge in [-0.1, -0.05) is 0 Å². The van der Waals surface area contributed by atoms with Gasteiger partial charge < -0.3 is 5.11 Å². The van der Waals surface area contributed by atoms with Crippen molar-refractivity contribution in [2.75, 3.05) is 4.72 Å². The topological polar surface area (TPSA) is 101 Å². The molecule has 0 saturated carbocycles. The van der Waals surface area contributed by atoms with Crippen molar-refractivity contribution in [2.45, 2.75) is 11.8 Å². The number of anilines is 1. The molecule has 2 aromatic heterocycles. The Morgan fingerprint density at radius 2 is 2.21 bits per heavy atom. The highest BCUT2D eigenvalue weighted by Gasteiger charge is 2.22. The minimum absolute atomic E-state index is 0.0167. The first kappa shape index (κ1) is 13.6. The summed E-state index contributed by atoms with van der Waals surface area (Å²) in [5.41, 5.74) is 0.663. The number of hydrogen-bond acceptors (Lipinski definition) is 5. The summed E-state index contributed by atoms with van der Waals surface area (Å²) in [7, 11) is -2.24. The molecule has 0 radical (unpaired) electrons. The minimum atomic E-state index is -3.83. The fourth-order valence-electron chi connectivity index (χ4n) is 1.46. The molecule has 0 aliphatic heterocycles. The molecule has 0 aliphatic rings. The summed E-state index contributed by atoms with van der Waals surface area (Å²) in [6.07, 6.45) is 2.54. The van der Waals surface area contributed by atoms with E-state index in [2.05, 4.69) is 9.82 Å². The van der Waals surface area contributed by atoms with Crippen LogP contribution in [0.3, 0.4) is 0 Å². The third-order valence-electron chi connectivity index (χ3n) is 2.40. The van der Waals surface area contributed by atoms with Gasteiger partial charge in [0.05, 0.1) is 11.9 Å². The number of aromatic nitrogens is 2. The van der Waals surface area contributed by atoms with E-state index in [4.69, 9.17) is 5.11 Å². The molecule has 0 fully saturated rings. The number of aromatic carboxylic acids is 1. The van der Waals surface area contributed by atoms with Gasteiger partial charge in [0.1, 0.15) is 9.77 Å². The van der Waals surface area contributed by atoms with Crippen LogP contribution in [-0.4, -0.2) is 29.3 Å². The Morgan fingerprint density at radius 3 is 2.74 bits per heavy atom. The molecule has 0 spiro atoms. The van der Waals surface area contributed by atoms with Crippen LogP contribution in [0.15, 0.2) is 22.7 Å². The van der Waals surface area contributed by atoms with E-state index in [1.54, 1.807) is 19.4 Å². The van der Waals surface area contributed by atoms with Gasteiger partial charge in [-0.15, -0.1) is 11.3 Å². The maximum atomic E-state index is 12.1. The number of rotatable bonds is 4. The second-order valence-electron chi connectivity index (χ2n) is 3.88. The molecule has 102 valence electrons. The van der Waals surface area contributed by atoms with Crippen molar-refractivity contribution < 1.29 is 18.3 Å². The molecular weight excluding hydrogens is 290 g/mol. The number of aryl methyl sites for hydroxylation is 2. The average molecular weight is 301 g/mol. The van der Waals surface area contributed by atoms with Crippen LogP contribution < -0.4 is 4.72 Å². The van der Waals surface area contributed by atoms with Crippen LogP contribution >= 0.6 is 11.3 Å². The van der Waals surface area contributed by atoms with Gasteiger partial charge in [0.2, 0.25) is 0 Å². The predicted octanol–water partition coefficient (Wildman–Crippen LogP) is 1.29. The van der Waals surface area contributed by atoms with Crippen molar-refractivity contribution in [1.82, 2.24) is 9.78 Å². The number of nitrogens with one attached hydrogen (secondary N) is 1. The SMILES string of the molecule is Cc1csc(C(=O)O)c1NS(=O)(=O)c1cnn(C)c1. The number of carbonyl (C=O) groups is 1. The largest absolute Gasteiger partial charge is 0.477 e. The van der Waals surface area contributed by atoms with Crippen LogP contribution in [-0.2, 0) is 17.1 Å². The zero-order valence-corrected chi connectivity index (χ0v) is 11.7. The van der Waals surface area contributed by atoms with Crippen molar-refractivity contribution in [3.05, 3.63) is 28.2 Å². The van der Waals surface area contributed by atoms with Crippen molar-refractivity contribution >= 4 is 33.0 Å². The Kier molecular flexibility index (Phi) is 3.33. The summed E-state index contributed by atoms with van der Waals surface area (Å²) < 4.78 is 27.8. The predicted molar refractivity (Wildman–Crippen MR) is 70.0 cm³/mol. The molecule has 0 saturated heterocycles. The maximum Gasteiger partial charge on any atom is 0.348 e. The van der Waals surface area contributed by atoms with Crippen molar-refractivity contribution in [1.29, 1.82) is 0 Å². The van der Waals surface area contributed by atoms with E-state index in [0.717, 1.165) is 11.3 Å². The zero-order chi connectivity index (χ0) is 14.2. The Hall–Kier alpha value is -1.87. The first-order valence-corrected chi connectivity index (χ1v) is 7.50. The van der Waals surface area contributed by atoms with Gasteiger partial charge in [0.25, 0.3) is 10.0 Å². The third-order valence-corrected chi connectivity index (χ3v) is 4.79.